The molecule has 40 valence electrons. The van der Waals surface area contributed by atoms with Crippen LogP contribution in [-0.4, -0.2) is 0 Å². The van der Waals surface area contributed by atoms with Crippen molar-refractivity contribution in [1.29, 1.82) is 0 Å². The van der Waals surface area contributed by atoms with Crippen LogP contribution in [0.15, 0.2) is 0 Å². The average molecular weight is 458 g/mol. The summed E-state index contributed by atoms with van der Waals surface area (Å²) in [6.45, 7) is 0. The molecule has 0 bridgehead atoms. The van der Waals surface area contributed by atoms with Crippen molar-refractivity contribution >= 4 is 40.3 Å². The van der Waals surface area contributed by atoms with E-state index in [1.807, 2.05) is 0 Å². The summed E-state index contributed by atoms with van der Waals surface area (Å²) in [5.41, 5.74) is 0. The molecule has 0 amide bonds. The van der Waals surface area contributed by atoms with Crippen LogP contribution < -0.4 is 0 Å². The zero-order valence-corrected chi connectivity index (χ0v) is 9.80. The predicted octanol–water partition coefficient (Wildman–Crippen LogP) is 2.30. The average Bonchev–Trinajstić information content (AvgIpc) is 0.650. The normalized spacial score (nSPS) is 18.8. The summed E-state index contributed by atoms with van der Waals surface area (Å²) in [4.78, 5) is 0. The molecule has 6 heavy (non-hydrogen) atoms. The van der Waals surface area contributed by atoms with Gasteiger partial charge in [0.1, 0.15) is 0 Å². The summed E-state index contributed by atoms with van der Waals surface area (Å²) in [6.07, 6.45) is 0. The van der Waals surface area contributed by atoms with E-state index < -0.39 is 8.18 Å². The Morgan fingerprint density at radius 3 is 1.00 bits per heavy atom. The van der Waals surface area contributed by atoms with Crippen LogP contribution in [0.3, 0.4) is 0 Å². The molecule has 0 radical (unpaired) electrons. The first-order valence-corrected chi connectivity index (χ1v) is 20.8. The van der Waals surface area contributed by atoms with Gasteiger partial charge in [0.05, 0.1) is 0 Å². The Morgan fingerprint density at radius 1 is 1.00 bits per heavy atom. The second-order valence-electron chi connectivity index (χ2n) is 0.575. The standard InChI is InChI=1S/3BrH.2O.Re/h3*1H;;;/q;;;;;+3/p-3. The Bertz CT molecular complexity index is 135. The van der Waals surface area contributed by atoms with Crippen molar-refractivity contribution in [2.24, 2.45) is 0 Å². The third-order valence-electron chi connectivity index (χ3n) is 0. The molecule has 0 spiro atoms. The molecule has 0 aromatic rings. The summed E-state index contributed by atoms with van der Waals surface area (Å²) in [6, 6.07) is 0. The van der Waals surface area contributed by atoms with E-state index >= 15 is 0 Å². The van der Waals surface area contributed by atoms with E-state index in [0.717, 1.165) is 0 Å². The quantitative estimate of drug-likeness (QED) is 0.559. The van der Waals surface area contributed by atoms with Crippen LogP contribution in [0.1, 0.15) is 0 Å². The van der Waals surface area contributed by atoms with E-state index in [9.17, 15) is 6.94 Å². The third kappa shape index (κ3) is 43.5. The van der Waals surface area contributed by atoms with Gasteiger partial charge in [-0.3, -0.25) is 0 Å². The monoisotopic (exact) mass is 456 g/mol. The molecule has 0 fully saturated rings. The van der Waals surface area contributed by atoms with Crippen molar-refractivity contribution in [3.05, 3.63) is 0 Å². The predicted molar refractivity (Wildman–Crippen MR) is 28.2 cm³/mol. The maximum atomic E-state index is 10.1. The van der Waals surface area contributed by atoms with Crippen molar-refractivity contribution in [1.82, 2.24) is 0 Å². The van der Waals surface area contributed by atoms with Crippen LogP contribution in [0.25, 0.3) is 0 Å². The number of hydrogen-bond donors (Lipinski definition) is 0. The molecule has 0 atom stereocenters. The van der Waals surface area contributed by atoms with Crippen LogP contribution >= 0.6 is 40.3 Å². The van der Waals surface area contributed by atoms with Crippen molar-refractivity contribution < 1.29 is 15.1 Å². The van der Waals surface area contributed by atoms with Gasteiger partial charge in [-0.1, -0.05) is 0 Å². The third-order valence-corrected chi connectivity index (χ3v) is 0. The number of rotatable bonds is 0. The number of halogens is 3. The molecule has 0 heterocycles. The van der Waals surface area contributed by atoms with Gasteiger partial charge < -0.3 is 0 Å². The van der Waals surface area contributed by atoms with E-state index in [4.69, 9.17) is 0 Å². The summed E-state index contributed by atoms with van der Waals surface area (Å²) in [7, 11) is -4.76. The topological polar surface area (TPSA) is 34.1 Å². The minimum atomic E-state index is -4.76. The van der Waals surface area contributed by atoms with E-state index in [-0.39, 0.29) is 0 Å². The molecule has 0 saturated carbocycles. The zero-order chi connectivity index (χ0) is 5.45. The van der Waals surface area contributed by atoms with Gasteiger partial charge in [0.25, 0.3) is 0 Å². The molecule has 0 unspecified atom stereocenters. The van der Waals surface area contributed by atoms with Crippen LogP contribution in [0, 0.1) is 0 Å². The second-order valence-corrected chi connectivity index (χ2v) is 51.2. The zero-order valence-electron chi connectivity index (χ0n) is 2.33. The van der Waals surface area contributed by atoms with Crippen molar-refractivity contribution in [2.45, 2.75) is 0 Å². The summed E-state index contributed by atoms with van der Waals surface area (Å²) in [5, 5.41) is 0. The summed E-state index contributed by atoms with van der Waals surface area (Å²) in [5.74, 6) is 0. The van der Waals surface area contributed by atoms with Crippen LogP contribution in [0.2, 0.25) is 0 Å². The Labute approximate surface area is 54.7 Å². The van der Waals surface area contributed by atoms with E-state index in [0.29, 0.717) is 0 Å². The fourth-order valence-corrected chi connectivity index (χ4v) is 0. The van der Waals surface area contributed by atoms with Gasteiger partial charge in [-0.2, -0.15) is 0 Å². The first-order chi connectivity index (χ1) is 2.24. The SMILES string of the molecule is [O]=[Re](=[O])([Br])([Br])[Br]. The van der Waals surface area contributed by atoms with Gasteiger partial charge in [-0.05, 0) is 0 Å². The van der Waals surface area contributed by atoms with E-state index in [1.54, 1.807) is 0 Å². The fraction of sp³-hybridized carbons (Fsp3) is 0. The minimum absolute atomic E-state index is 2.40. The first kappa shape index (κ1) is 7.70. The Morgan fingerprint density at radius 2 is 1.00 bits per heavy atom. The van der Waals surface area contributed by atoms with Crippen molar-refractivity contribution in [3.8, 4) is 0 Å². The fourth-order valence-electron chi connectivity index (χ4n) is 0. The molecular formula is Br3O2Re. The number of hydrogen-bond acceptors (Lipinski definition) is 2. The molecule has 0 saturated heterocycles. The Kier molecular flexibility index (Phi) is 2.04. The molecule has 6 heteroatoms. The van der Waals surface area contributed by atoms with Gasteiger partial charge in [-0.15, -0.1) is 0 Å². The van der Waals surface area contributed by atoms with Gasteiger partial charge in [-0.25, -0.2) is 0 Å². The molecule has 0 N–H and O–H groups in total. The molecule has 0 aliphatic rings. The molecule has 0 aliphatic carbocycles. The summed E-state index contributed by atoms with van der Waals surface area (Å²) >= 11 is 7.21. The van der Waals surface area contributed by atoms with Crippen LogP contribution in [0.5, 0.6) is 0 Å². The molecule has 2 nitrogen and oxygen atoms in total. The second kappa shape index (κ2) is 1.59. The van der Waals surface area contributed by atoms with Crippen molar-refractivity contribution in [3.63, 3.8) is 0 Å². The molecule has 0 aromatic heterocycles. The van der Waals surface area contributed by atoms with E-state index in [2.05, 4.69) is 40.3 Å². The molecule has 0 rings (SSSR count). The Hall–Kier alpha value is 1.70. The van der Waals surface area contributed by atoms with Gasteiger partial charge in [0.15, 0.2) is 0 Å². The molecule has 0 aliphatic heterocycles. The summed E-state index contributed by atoms with van der Waals surface area (Å²) < 4.78 is 20.2. The molecular weight excluding hydrogens is 458 g/mol. The van der Waals surface area contributed by atoms with Crippen LogP contribution in [0.4, 0.5) is 0 Å². The first-order valence-electron chi connectivity index (χ1n) is 0.737. The Balaban J connectivity index is 4.69. The van der Waals surface area contributed by atoms with Gasteiger partial charge in [0.2, 0.25) is 0 Å². The maximum absolute atomic E-state index is 10.1. The van der Waals surface area contributed by atoms with Gasteiger partial charge >= 0.3 is 55.4 Å². The van der Waals surface area contributed by atoms with Crippen LogP contribution in [-0.2, 0) is 15.1 Å². The van der Waals surface area contributed by atoms with Gasteiger partial charge in [0, 0.05) is 0 Å². The van der Waals surface area contributed by atoms with E-state index in [1.165, 1.54) is 0 Å². The molecule has 0 aromatic carbocycles. The van der Waals surface area contributed by atoms with Crippen molar-refractivity contribution in [2.75, 3.05) is 0 Å².